The Morgan fingerprint density at radius 3 is 2.47 bits per heavy atom. The van der Waals surface area contributed by atoms with Crippen LogP contribution in [0.3, 0.4) is 0 Å². The summed E-state index contributed by atoms with van der Waals surface area (Å²) >= 11 is 0. The number of amides is 3. The van der Waals surface area contributed by atoms with Gasteiger partial charge in [0, 0.05) is 31.8 Å². The van der Waals surface area contributed by atoms with Crippen LogP contribution in [0.5, 0.6) is 0 Å². The fourth-order valence-electron chi connectivity index (χ4n) is 5.02. The Labute approximate surface area is 258 Å². The highest BCUT2D eigenvalue weighted by Gasteiger charge is 2.28. The number of carbonyl (C=O) groups excluding carboxylic acids is 3. The number of hydrogen-bond donors (Lipinski definition) is 5. The molecule has 45 heavy (non-hydrogen) atoms. The Morgan fingerprint density at radius 2 is 1.78 bits per heavy atom. The number of nitrogens with one attached hydrogen (secondary N) is 3. The van der Waals surface area contributed by atoms with Crippen LogP contribution in [0.4, 0.5) is 16.2 Å². The number of benzene rings is 1. The van der Waals surface area contributed by atoms with Crippen molar-refractivity contribution in [2.45, 2.75) is 58.7 Å². The van der Waals surface area contributed by atoms with Crippen LogP contribution in [0.1, 0.15) is 71.6 Å². The van der Waals surface area contributed by atoms with Crippen LogP contribution in [-0.2, 0) is 17.9 Å². The minimum Gasteiger partial charge on any atom is -0.394 e. The number of hydrogen-bond acceptors (Lipinski definition) is 11. The lowest BCUT2D eigenvalue weighted by Crippen LogP contribution is -2.36. The molecule has 0 bridgehead atoms. The Kier molecular flexibility index (Phi) is 10.5. The van der Waals surface area contributed by atoms with Crippen LogP contribution >= 0.6 is 0 Å². The monoisotopic (exact) mass is 614 g/mol. The van der Waals surface area contributed by atoms with E-state index in [0.29, 0.717) is 12.8 Å². The average Bonchev–Trinajstić information content (AvgIpc) is 3.43. The Morgan fingerprint density at radius 1 is 1.07 bits per heavy atom. The summed E-state index contributed by atoms with van der Waals surface area (Å²) in [5.41, 5.74) is 14.0. The second-order valence-corrected chi connectivity index (χ2v) is 10.4. The van der Waals surface area contributed by atoms with Gasteiger partial charge in [-0.15, -0.1) is 0 Å². The zero-order valence-electron chi connectivity index (χ0n) is 24.9. The molecule has 14 nitrogen and oxygen atoms in total. The van der Waals surface area contributed by atoms with E-state index in [1.54, 1.807) is 6.07 Å². The first kappa shape index (κ1) is 32.3. The van der Waals surface area contributed by atoms with Gasteiger partial charge in [0.25, 0.3) is 22.7 Å². The highest BCUT2D eigenvalue weighted by molar-refractivity contribution is 5.97. The molecule has 1 fully saturated rings. The fraction of sp³-hybridized carbons (Fsp3) is 0.290. The van der Waals surface area contributed by atoms with E-state index in [1.807, 2.05) is 32.0 Å². The third-order valence-corrected chi connectivity index (χ3v) is 7.26. The van der Waals surface area contributed by atoms with Gasteiger partial charge in [-0.05, 0) is 48.5 Å². The van der Waals surface area contributed by atoms with Crippen LogP contribution in [0.15, 0.2) is 74.2 Å². The summed E-state index contributed by atoms with van der Waals surface area (Å²) in [7, 11) is 0. The molecule has 234 valence electrons. The third-order valence-electron chi connectivity index (χ3n) is 7.26. The zero-order valence-corrected chi connectivity index (χ0v) is 24.9. The number of aromatic nitrogens is 2. The molecular formula is C31H34N8O6. The molecule has 0 aliphatic heterocycles. The Bertz CT molecular complexity index is 1770. The molecule has 1 aromatic heterocycles. The van der Waals surface area contributed by atoms with Crippen molar-refractivity contribution in [3.63, 3.8) is 0 Å². The van der Waals surface area contributed by atoms with Gasteiger partial charge in [-0.1, -0.05) is 48.0 Å². The van der Waals surface area contributed by atoms with E-state index in [4.69, 9.17) is 11.5 Å². The molecule has 14 heteroatoms. The topological polar surface area (TPSA) is 221 Å². The number of oxime groups is 1. The van der Waals surface area contributed by atoms with Crippen molar-refractivity contribution in [3.8, 4) is 0 Å². The predicted octanol–water partition coefficient (Wildman–Crippen LogP) is 2.21. The zero-order chi connectivity index (χ0) is 32.5. The van der Waals surface area contributed by atoms with Crippen molar-refractivity contribution in [3.05, 3.63) is 102 Å². The summed E-state index contributed by atoms with van der Waals surface area (Å²) in [4.78, 5) is 72.2. The fourth-order valence-corrected chi connectivity index (χ4v) is 5.02. The maximum Gasteiger partial charge on any atom is 0.430 e. The van der Waals surface area contributed by atoms with Crippen LogP contribution < -0.4 is 38.3 Å². The molecule has 1 atom stereocenters. The molecule has 3 aromatic rings. The predicted molar refractivity (Wildman–Crippen MR) is 168 cm³/mol. The number of nitrogens with two attached hydrogens (primary N) is 2. The van der Waals surface area contributed by atoms with E-state index < -0.39 is 28.8 Å². The highest BCUT2D eigenvalue weighted by atomic mass is 16.7. The Balaban J connectivity index is 1.35. The number of nitrogens with zero attached hydrogens (tertiary/aromatic N) is 3. The summed E-state index contributed by atoms with van der Waals surface area (Å²) in [6.07, 6.45) is 6.36. The molecule has 2 aromatic carbocycles. The first-order valence-electron chi connectivity index (χ1n) is 14.3. The van der Waals surface area contributed by atoms with Crippen LogP contribution in [-0.4, -0.2) is 40.1 Å². The number of anilines is 2. The van der Waals surface area contributed by atoms with E-state index in [-0.39, 0.29) is 41.9 Å². The van der Waals surface area contributed by atoms with Gasteiger partial charge in [-0.3, -0.25) is 24.0 Å². The van der Waals surface area contributed by atoms with E-state index in [2.05, 4.69) is 42.0 Å². The molecule has 4 rings (SSSR count). The summed E-state index contributed by atoms with van der Waals surface area (Å²) in [6.45, 7) is 4.42. The van der Waals surface area contributed by atoms with Crippen molar-refractivity contribution >= 4 is 35.5 Å². The van der Waals surface area contributed by atoms with Crippen molar-refractivity contribution in [1.29, 1.82) is 0 Å². The number of allylic oxidation sites excluding steroid dienone is 2. The summed E-state index contributed by atoms with van der Waals surface area (Å²) in [6, 6.07) is 8.39. The smallest absolute Gasteiger partial charge is 0.394 e. The molecule has 1 unspecified atom stereocenters. The number of primary amides is 1. The maximum atomic E-state index is 13.2. The maximum absolute atomic E-state index is 13.2. The average molecular weight is 615 g/mol. The van der Waals surface area contributed by atoms with Crippen molar-refractivity contribution in [2.75, 3.05) is 11.1 Å². The van der Waals surface area contributed by atoms with Crippen LogP contribution in [0.2, 0.25) is 0 Å². The molecule has 0 saturated heterocycles. The van der Waals surface area contributed by atoms with E-state index in [0.717, 1.165) is 40.7 Å². The SMILES string of the molecule is CC/C=C1\C(=C(\C)C/C=N/OC(N)=O)CCC1NC(=O)c1cc(C(=O)NCc2cccc(CNc3c(N)c(=O)c3=O)c2)ncn1. The van der Waals surface area contributed by atoms with Crippen LogP contribution in [0.25, 0.3) is 0 Å². The lowest BCUT2D eigenvalue weighted by molar-refractivity contribution is 0.0938. The molecule has 0 radical (unpaired) electrons. The van der Waals surface area contributed by atoms with Crippen molar-refractivity contribution in [2.24, 2.45) is 10.9 Å². The second-order valence-electron chi connectivity index (χ2n) is 10.4. The van der Waals surface area contributed by atoms with E-state index in [1.165, 1.54) is 18.6 Å². The first-order valence-corrected chi connectivity index (χ1v) is 14.3. The summed E-state index contributed by atoms with van der Waals surface area (Å²) in [5, 5.41) is 12.2. The summed E-state index contributed by atoms with van der Waals surface area (Å²) < 4.78 is 0. The van der Waals surface area contributed by atoms with Gasteiger partial charge in [-0.2, -0.15) is 0 Å². The first-order chi connectivity index (χ1) is 21.6. The molecule has 1 heterocycles. The van der Waals surface area contributed by atoms with Gasteiger partial charge in [0.1, 0.15) is 29.1 Å². The van der Waals surface area contributed by atoms with Gasteiger partial charge in [0.15, 0.2) is 0 Å². The minimum atomic E-state index is -0.985. The third kappa shape index (κ3) is 8.04. The largest absolute Gasteiger partial charge is 0.430 e. The van der Waals surface area contributed by atoms with E-state index in [9.17, 15) is 24.0 Å². The molecule has 0 spiro atoms. The molecular weight excluding hydrogens is 580 g/mol. The van der Waals surface area contributed by atoms with E-state index >= 15 is 0 Å². The lowest BCUT2D eigenvalue weighted by Gasteiger charge is -2.16. The van der Waals surface area contributed by atoms with Gasteiger partial charge in [0.2, 0.25) is 0 Å². The Hall–Kier alpha value is -5.66. The van der Waals surface area contributed by atoms with Crippen molar-refractivity contribution in [1.82, 2.24) is 20.6 Å². The lowest BCUT2D eigenvalue weighted by atomic mass is 9.99. The number of carbonyl (C=O) groups is 3. The highest BCUT2D eigenvalue weighted by Crippen LogP contribution is 2.34. The molecule has 1 aliphatic carbocycles. The van der Waals surface area contributed by atoms with Gasteiger partial charge in [0.05, 0.1) is 6.04 Å². The summed E-state index contributed by atoms with van der Waals surface area (Å²) in [5.74, 6) is -0.918. The molecule has 1 saturated carbocycles. The molecule has 1 aliphatic rings. The van der Waals surface area contributed by atoms with Gasteiger partial charge >= 0.3 is 6.09 Å². The minimum absolute atomic E-state index is 0.0354. The standard InChI is InChI=1S/C31H34N8O6/c1-3-5-21-20(17(2)10-11-38-45-31(33)44)8-9-22(21)39-30(43)24-13-23(36-16-37-24)29(42)35-15-19-7-4-6-18(12-19)14-34-26-25(32)27(40)28(26)41/h4-7,11-13,16,22,34H,3,8-10,14-15,32H2,1-2H3,(H2,33,44)(H,35,42)(H,39,43)/b20-17-,21-5+,38-11+. The second kappa shape index (κ2) is 14.7. The quantitative estimate of drug-likeness (QED) is 0.0866. The molecule has 7 N–H and O–H groups in total. The normalized spacial score (nSPS) is 16.6. The number of rotatable bonds is 12. The van der Waals surface area contributed by atoms with Crippen molar-refractivity contribution < 1.29 is 19.2 Å². The van der Waals surface area contributed by atoms with Crippen LogP contribution in [0, 0.1) is 0 Å². The van der Waals surface area contributed by atoms with Gasteiger partial charge < -0.3 is 27.4 Å². The molecule has 3 amide bonds. The van der Waals surface area contributed by atoms with Gasteiger partial charge in [-0.25, -0.2) is 14.8 Å². The number of nitrogen functional groups attached to an aromatic ring is 1.